The minimum absolute atomic E-state index is 0.640. The summed E-state index contributed by atoms with van der Waals surface area (Å²) in [6.07, 6.45) is 1.89. The molecule has 1 aromatic carbocycles. The monoisotopic (exact) mass is 294 g/mol. The molecular formula is C16H18N6. The first-order valence-electron chi connectivity index (χ1n) is 7.18. The lowest BCUT2D eigenvalue weighted by Crippen LogP contribution is -2.10. The van der Waals surface area contributed by atoms with Crippen LogP contribution in [0, 0.1) is 13.8 Å². The van der Waals surface area contributed by atoms with Crippen molar-refractivity contribution in [1.29, 1.82) is 0 Å². The maximum absolute atomic E-state index is 4.33. The molecule has 3 aromatic rings. The molecule has 3 rings (SSSR count). The smallest absolute Gasteiger partial charge is 0.243 e. The summed E-state index contributed by atoms with van der Waals surface area (Å²) in [5.74, 6) is 0.656. The van der Waals surface area contributed by atoms with E-state index in [0.29, 0.717) is 19.0 Å². The van der Waals surface area contributed by atoms with Gasteiger partial charge in [0.2, 0.25) is 5.95 Å². The van der Waals surface area contributed by atoms with E-state index in [9.17, 15) is 0 Å². The SMILES string of the molecule is Cc1cc(C)c(CNc2nnnn2Cc2ccccc2)cn1. The van der Waals surface area contributed by atoms with Crippen LogP contribution in [-0.4, -0.2) is 25.2 Å². The third-order valence-corrected chi connectivity index (χ3v) is 3.50. The van der Waals surface area contributed by atoms with Gasteiger partial charge in [-0.15, -0.1) is 0 Å². The third-order valence-electron chi connectivity index (χ3n) is 3.50. The Morgan fingerprint density at radius 1 is 1.14 bits per heavy atom. The number of benzene rings is 1. The van der Waals surface area contributed by atoms with Crippen LogP contribution in [-0.2, 0) is 13.1 Å². The van der Waals surface area contributed by atoms with Gasteiger partial charge in [0.1, 0.15) is 0 Å². The Morgan fingerprint density at radius 3 is 2.73 bits per heavy atom. The highest BCUT2D eigenvalue weighted by Crippen LogP contribution is 2.11. The first kappa shape index (κ1) is 14.2. The number of nitrogens with zero attached hydrogens (tertiary/aromatic N) is 5. The molecule has 0 unspecified atom stereocenters. The van der Waals surface area contributed by atoms with Crippen molar-refractivity contribution in [2.75, 3.05) is 5.32 Å². The number of anilines is 1. The van der Waals surface area contributed by atoms with Crippen LogP contribution in [0.3, 0.4) is 0 Å². The van der Waals surface area contributed by atoms with Crippen LogP contribution in [0.2, 0.25) is 0 Å². The number of pyridine rings is 1. The lowest BCUT2D eigenvalue weighted by atomic mass is 10.1. The van der Waals surface area contributed by atoms with Crippen molar-refractivity contribution >= 4 is 5.95 Å². The van der Waals surface area contributed by atoms with E-state index in [-0.39, 0.29) is 0 Å². The van der Waals surface area contributed by atoms with E-state index in [4.69, 9.17) is 0 Å². The van der Waals surface area contributed by atoms with E-state index < -0.39 is 0 Å². The molecule has 0 radical (unpaired) electrons. The second-order valence-electron chi connectivity index (χ2n) is 5.25. The average molecular weight is 294 g/mol. The zero-order valence-corrected chi connectivity index (χ0v) is 12.7. The van der Waals surface area contributed by atoms with Gasteiger partial charge in [-0.25, -0.2) is 4.68 Å². The van der Waals surface area contributed by atoms with E-state index >= 15 is 0 Å². The van der Waals surface area contributed by atoms with Crippen molar-refractivity contribution in [2.45, 2.75) is 26.9 Å². The zero-order valence-electron chi connectivity index (χ0n) is 12.7. The summed E-state index contributed by atoms with van der Waals surface area (Å²) < 4.78 is 1.76. The molecule has 112 valence electrons. The molecule has 0 aliphatic heterocycles. The van der Waals surface area contributed by atoms with Crippen LogP contribution in [0.4, 0.5) is 5.95 Å². The number of rotatable bonds is 5. The molecule has 2 aromatic heterocycles. The number of aromatic nitrogens is 5. The van der Waals surface area contributed by atoms with Crippen LogP contribution in [0.25, 0.3) is 0 Å². The largest absolute Gasteiger partial charge is 0.349 e. The van der Waals surface area contributed by atoms with Gasteiger partial charge in [0.15, 0.2) is 0 Å². The van der Waals surface area contributed by atoms with Crippen molar-refractivity contribution < 1.29 is 0 Å². The Hall–Kier alpha value is -2.76. The van der Waals surface area contributed by atoms with E-state index in [0.717, 1.165) is 16.8 Å². The summed E-state index contributed by atoms with van der Waals surface area (Å²) >= 11 is 0. The highest BCUT2D eigenvalue weighted by atomic mass is 15.6. The fraction of sp³-hybridized carbons (Fsp3) is 0.250. The van der Waals surface area contributed by atoms with Gasteiger partial charge in [0.25, 0.3) is 0 Å². The molecule has 0 saturated carbocycles. The topological polar surface area (TPSA) is 68.5 Å². The number of hydrogen-bond acceptors (Lipinski definition) is 5. The molecule has 0 aliphatic rings. The van der Waals surface area contributed by atoms with E-state index in [1.807, 2.05) is 31.3 Å². The molecule has 0 spiro atoms. The molecular weight excluding hydrogens is 276 g/mol. The summed E-state index contributed by atoms with van der Waals surface area (Å²) in [5, 5.41) is 15.1. The first-order chi connectivity index (χ1) is 10.7. The average Bonchev–Trinajstić information content (AvgIpc) is 2.95. The van der Waals surface area contributed by atoms with E-state index in [1.165, 1.54) is 5.56 Å². The predicted octanol–water partition coefficient (Wildman–Crippen LogP) is 2.35. The molecule has 6 heteroatoms. The Morgan fingerprint density at radius 2 is 1.95 bits per heavy atom. The lowest BCUT2D eigenvalue weighted by molar-refractivity contribution is 0.651. The van der Waals surface area contributed by atoms with Crippen LogP contribution >= 0.6 is 0 Å². The second-order valence-corrected chi connectivity index (χ2v) is 5.25. The van der Waals surface area contributed by atoms with Gasteiger partial charge in [-0.2, -0.15) is 0 Å². The van der Waals surface area contributed by atoms with Crippen LogP contribution < -0.4 is 5.32 Å². The summed E-state index contributed by atoms with van der Waals surface area (Å²) in [5.41, 5.74) is 4.53. The zero-order chi connectivity index (χ0) is 15.4. The highest BCUT2D eigenvalue weighted by Gasteiger charge is 2.07. The summed E-state index contributed by atoms with van der Waals surface area (Å²) in [7, 11) is 0. The molecule has 6 nitrogen and oxygen atoms in total. The molecule has 0 bridgehead atoms. The number of aryl methyl sites for hydroxylation is 2. The Labute approximate surface area is 129 Å². The van der Waals surface area contributed by atoms with Gasteiger partial charge in [-0.3, -0.25) is 4.98 Å². The minimum Gasteiger partial charge on any atom is -0.349 e. The maximum atomic E-state index is 4.33. The summed E-state index contributed by atoms with van der Waals surface area (Å²) in [4.78, 5) is 4.33. The van der Waals surface area contributed by atoms with Crippen molar-refractivity contribution in [1.82, 2.24) is 25.2 Å². The standard InChI is InChI=1S/C16H18N6/c1-12-8-13(2)17-9-15(12)10-18-16-19-20-21-22(16)11-14-6-4-3-5-7-14/h3-9H,10-11H2,1-2H3,(H,18,19,21). The normalized spacial score (nSPS) is 10.6. The van der Waals surface area contributed by atoms with Crippen molar-refractivity contribution in [2.24, 2.45) is 0 Å². The van der Waals surface area contributed by atoms with Gasteiger partial charge in [0.05, 0.1) is 6.54 Å². The molecule has 1 N–H and O–H groups in total. The Balaban J connectivity index is 1.70. The lowest BCUT2D eigenvalue weighted by Gasteiger charge is -2.09. The van der Waals surface area contributed by atoms with Gasteiger partial charge < -0.3 is 5.32 Å². The van der Waals surface area contributed by atoms with Gasteiger partial charge in [-0.1, -0.05) is 35.4 Å². The van der Waals surface area contributed by atoms with Gasteiger partial charge in [-0.05, 0) is 47.0 Å². The molecule has 0 atom stereocenters. The molecule has 0 saturated heterocycles. The van der Waals surface area contributed by atoms with E-state index in [2.05, 4.69) is 50.9 Å². The minimum atomic E-state index is 0.640. The van der Waals surface area contributed by atoms with Crippen molar-refractivity contribution in [3.8, 4) is 0 Å². The highest BCUT2D eigenvalue weighted by molar-refractivity contribution is 5.31. The summed E-state index contributed by atoms with van der Waals surface area (Å²) in [6, 6.07) is 12.2. The number of tetrazole rings is 1. The van der Waals surface area contributed by atoms with Crippen LogP contribution in [0.1, 0.15) is 22.4 Å². The van der Waals surface area contributed by atoms with Crippen molar-refractivity contribution in [3.05, 3.63) is 65.0 Å². The quantitative estimate of drug-likeness (QED) is 0.782. The van der Waals surface area contributed by atoms with Crippen molar-refractivity contribution in [3.63, 3.8) is 0 Å². The van der Waals surface area contributed by atoms with Gasteiger partial charge in [0, 0.05) is 18.4 Å². The van der Waals surface area contributed by atoms with E-state index in [1.54, 1.807) is 4.68 Å². The first-order valence-corrected chi connectivity index (χ1v) is 7.18. The predicted molar refractivity (Wildman–Crippen MR) is 84.4 cm³/mol. The molecule has 0 aliphatic carbocycles. The maximum Gasteiger partial charge on any atom is 0.243 e. The fourth-order valence-electron chi connectivity index (χ4n) is 2.28. The van der Waals surface area contributed by atoms with Gasteiger partial charge >= 0.3 is 0 Å². The molecule has 0 amide bonds. The summed E-state index contributed by atoms with van der Waals surface area (Å²) in [6.45, 7) is 5.36. The second kappa shape index (κ2) is 6.34. The van der Waals surface area contributed by atoms with Crippen LogP contribution in [0.5, 0.6) is 0 Å². The molecule has 0 fully saturated rings. The van der Waals surface area contributed by atoms with Crippen LogP contribution in [0.15, 0.2) is 42.6 Å². The Kier molecular flexibility index (Phi) is 4.09. The Bertz CT molecular complexity index is 750. The third kappa shape index (κ3) is 3.28. The molecule has 22 heavy (non-hydrogen) atoms. The number of nitrogens with one attached hydrogen (secondary N) is 1. The fourth-order valence-corrected chi connectivity index (χ4v) is 2.28. The number of hydrogen-bond donors (Lipinski definition) is 1. The molecule has 2 heterocycles.